The lowest BCUT2D eigenvalue weighted by atomic mass is 9.98. The molecule has 1 aromatic heterocycles. The number of amides is 2. The van der Waals surface area contributed by atoms with Crippen LogP contribution >= 0.6 is 0 Å². The highest BCUT2D eigenvalue weighted by molar-refractivity contribution is 5.86. The third kappa shape index (κ3) is 6.06. The van der Waals surface area contributed by atoms with Crippen molar-refractivity contribution in [2.45, 2.75) is 37.6 Å². The van der Waals surface area contributed by atoms with Gasteiger partial charge in [0.05, 0.1) is 6.33 Å². The Bertz CT molecular complexity index is 1130. The molecule has 1 atom stereocenters. The Morgan fingerprint density at radius 2 is 1.71 bits per heavy atom. The minimum Gasteiger partial charge on any atom is -0.481 e. The average Bonchev–Trinajstić information content (AvgIpc) is 3.48. The number of benzene rings is 2. The highest BCUT2D eigenvalue weighted by atomic mass is 16.5. The summed E-state index contributed by atoms with van der Waals surface area (Å²) in [6.45, 7) is 0.464. The summed E-state index contributed by atoms with van der Waals surface area (Å²) in [6, 6.07) is 15.3. The van der Waals surface area contributed by atoms with E-state index in [2.05, 4.69) is 32.7 Å². The highest BCUT2D eigenvalue weighted by Gasteiger charge is 2.30. The summed E-state index contributed by atoms with van der Waals surface area (Å²) >= 11 is 0. The third-order valence-electron chi connectivity index (χ3n) is 6.05. The summed E-state index contributed by atoms with van der Waals surface area (Å²) < 4.78 is 5.59. The number of unbranched alkanes of at least 4 members (excludes halogenated alkanes) is 1. The molecule has 3 aromatic rings. The van der Waals surface area contributed by atoms with Crippen molar-refractivity contribution in [1.29, 1.82) is 0 Å². The number of hydrogen-bond acceptors (Lipinski definition) is 5. The van der Waals surface area contributed by atoms with Crippen molar-refractivity contribution in [2.75, 3.05) is 13.2 Å². The van der Waals surface area contributed by atoms with Crippen molar-refractivity contribution < 1.29 is 24.2 Å². The number of aliphatic carboxylic acids is 1. The summed E-state index contributed by atoms with van der Waals surface area (Å²) in [7, 11) is 0. The highest BCUT2D eigenvalue weighted by Crippen LogP contribution is 2.44. The van der Waals surface area contributed by atoms with Crippen LogP contribution in [0.4, 0.5) is 4.79 Å². The molecule has 2 aromatic carbocycles. The van der Waals surface area contributed by atoms with Gasteiger partial charge < -0.3 is 25.5 Å². The molecule has 2 amide bonds. The minimum atomic E-state index is -0.870. The molecule has 0 unspecified atom stereocenters. The van der Waals surface area contributed by atoms with Gasteiger partial charge in [-0.2, -0.15) is 0 Å². The van der Waals surface area contributed by atoms with E-state index >= 15 is 0 Å². The van der Waals surface area contributed by atoms with Crippen LogP contribution in [0.2, 0.25) is 0 Å². The summed E-state index contributed by atoms with van der Waals surface area (Å²) in [6.07, 6.45) is 3.66. The van der Waals surface area contributed by atoms with Crippen molar-refractivity contribution in [3.8, 4) is 11.1 Å². The molecule has 0 fully saturated rings. The van der Waals surface area contributed by atoms with Gasteiger partial charge in [0, 0.05) is 37.2 Å². The standard InChI is InChI=1S/C26H28N4O5/c31-24(32)11-5-6-12-28-25(33)23(13-17-14-27-16-29-17)30-26(34)35-15-22-20-9-3-1-7-18(20)19-8-2-4-10-21(19)22/h1-4,7-10,14,16,22-23H,5-6,11-13,15H2,(H,27,29)(H,28,33)(H,30,34)(H,31,32)/t23-/m0/s1. The number of carboxylic acids is 1. The molecule has 1 aliphatic rings. The van der Waals surface area contributed by atoms with Crippen LogP contribution in [0, 0.1) is 0 Å². The molecule has 1 heterocycles. The van der Waals surface area contributed by atoms with E-state index in [-0.39, 0.29) is 31.3 Å². The first kappa shape index (κ1) is 24.0. The van der Waals surface area contributed by atoms with Crippen LogP contribution in [0.3, 0.4) is 0 Å². The molecular weight excluding hydrogens is 448 g/mol. The Hall–Kier alpha value is -4.14. The van der Waals surface area contributed by atoms with Crippen molar-refractivity contribution in [3.63, 3.8) is 0 Å². The van der Waals surface area contributed by atoms with Crippen molar-refractivity contribution in [3.05, 3.63) is 77.9 Å². The Morgan fingerprint density at radius 1 is 1.03 bits per heavy atom. The summed E-state index contributed by atoms with van der Waals surface area (Å²) in [5, 5.41) is 14.2. The van der Waals surface area contributed by atoms with Crippen LogP contribution in [-0.4, -0.2) is 52.2 Å². The molecule has 0 radical (unpaired) electrons. The second kappa shape index (κ2) is 11.3. The summed E-state index contributed by atoms with van der Waals surface area (Å²) in [5.41, 5.74) is 5.17. The number of aromatic amines is 1. The fourth-order valence-electron chi connectivity index (χ4n) is 4.34. The zero-order valence-corrected chi connectivity index (χ0v) is 19.2. The molecule has 9 heteroatoms. The topological polar surface area (TPSA) is 133 Å². The van der Waals surface area contributed by atoms with Crippen molar-refractivity contribution in [1.82, 2.24) is 20.6 Å². The number of ether oxygens (including phenoxy) is 1. The average molecular weight is 477 g/mol. The largest absolute Gasteiger partial charge is 0.481 e. The minimum absolute atomic E-state index is 0.0471. The zero-order valence-electron chi connectivity index (χ0n) is 19.2. The number of fused-ring (bicyclic) bond motifs is 3. The van der Waals surface area contributed by atoms with E-state index in [0.717, 1.165) is 22.3 Å². The maximum atomic E-state index is 12.8. The number of rotatable bonds is 11. The number of carbonyl (C=O) groups excluding carboxylic acids is 2. The van der Waals surface area contributed by atoms with Crippen LogP contribution in [-0.2, 0) is 20.7 Å². The number of nitrogens with one attached hydrogen (secondary N) is 3. The maximum absolute atomic E-state index is 12.8. The molecular formula is C26H28N4O5. The van der Waals surface area contributed by atoms with E-state index < -0.39 is 18.1 Å². The van der Waals surface area contributed by atoms with Crippen LogP contribution < -0.4 is 10.6 Å². The van der Waals surface area contributed by atoms with Crippen LogP contribution in [0.25, 0.3) is 11.1 Å². The molecule has 4 N–H and O–H groups in total. The van der Waals surface area contributed by atoms with Gasteiger partial charge in [0.25, 0.3) is 0 Å². The quantitative estimate of drug-likeness (QED) is 0.314. The fraction of sp³-hybridized carbons (Fsp3) is 0.308. The van der Waals surface area contributed by atoms with Crippen LogP contribution in [0.5, 0.6) is 0 Å². The van der Waals surface area contributed by atoms with E-state index in [1.807, 2.05) is 36.4 Å². The van der Waals surface area contributed by atoms with E-state index in [1.54, 1.807) is 6.20 Å². The predicted molar refractivity (Wildman–Crippen MR) is 129 cm³/mol. The summed E-state index contributed by atoms with van der Waals surface area (Å²) in [4.78, 5) is 43.0. The van der Waals surface area contributed by atoms with Gasteiger partial charge in [-0.3, -0.25) is 9.59 Å². The van der Waals surface area contributed by atoms with Crippen LogP contribution in [0.1, 0.15) is 42.0 Å². The maximum Gasteiger partial charge on any atom is 0.407 e. The lowest BCUT2D eigenvalue weighted by molar-refractivity contribution is -0.137. The van der Waals surface area contributed by atoms with E-state index in [0.29, 0.717) is 25.1 Å². The second-order valence-electron chi connectivity index (χ2n) is 8.45. The first-order valence-electron chi connectivity index (χ1n) is 11.6. The lowest BCUT2D eigenvalue weighted by Crippen LogP contribution is -2.48. The summed E-state index contributed by atoms with van der Waals surface area (Å²) in [5.74, 6) is -1.32. The Labute approximate surface area is 202 Å². The fourth-order valence-corrected chi connectivity index (χ4v) is 4.34. The van der Waals surface area contributed by atoms with Gasteiger partial charge in [-0.15, -0.1) is 0 Å². The molecule has 0 saturated carbocycles. The van der Waals surface area contributed by atoms with Crippen molar-refractivity contribution in [2.24, 2.45) is 0 Å². The molecule has 35 heavy (non-hydrogen) atoms. The van der Waals surface area contributed by atoms with Gasteiger partial charge in [0.2, 0.25) is 5.91 Å². The molecule has 0 saturated heterocycles. The number of H-pyrrole nitrogens is 1. The molecule has 182 valence electrons. The Morgan fingerprint density at radius 3 is 2.34 bits per heavy atom. The van der Waals surface area contributed by atoms with Gasteiger partial charge in [-0.25, -0.2) is 9.78 Å². The number of carboxylic acid groups (broad SMARTS) is 1. The number of aromatic nitrogens is 2. The number of imidazole rings is 1. The zero-order chi connectivity index (χ0) is 24.6. The molecule has 9 nitrogen and oxygen atoms in total. The first-order chi connectivity index (χ1) is 17.0. The van der Waals surface area contributed by atoms with Gasteiger partial charge in [0.1, 0.15) is 12.6 Å². The first-order valence-corrected chi connectivity index (χ1v) is 11.6. The van der Waals surface area contributed by atoms with Crippen molar-refractivity contribution >= 4 is 18.0 Å². The molecule has 0 aliphatic heterocycles. The molecule has 4 rings (SSSR count). The number of carbonyl (C=O) groups is 3. The third-order valence-corrected chi connectivity index (χ3v) is 6.05. The SMILES string of the molecule is O=C(O)CCCCNC(=O)[C@H](Cc1cnc[nH]1)NC(=O)OCC1c2ccccc2-c2ccccc21. The molecule has 1 aliphatic carbocycles. The molecule has 0 bridgehead atoms. The predicted octanol–water partition coefficient (Wildman–Crippen LogP) is 3.23. The van der Waals surface area contributed by atoms with Gasteiger partial charge in [0.15, 0.2) is 0 Å². The Kier molecular flexibility index (Phi) is 7.77. The number of alkyl carbamates (subject to hydrolysis) is 1. The van der Waals surface area contributed by atoms with E-state index in [1.165, 1.54) is 6.33 Å². The van der Waals surface area contributed by atoms with E-state index in [4.69, 9.17) is 9.84 Å². The lowest BCUT2D eigenvalue weighted by Gasteiger charge is -2.19. The molecule has 0 spiro atoms. The van der Waals surface area contributed by atoms with Gasteiger partial charge in [-0.1, -0.05) is 48.5 Å². The normalized spacial score (nSPS) is 12.9. The monoisotopic (exact) mass is 476 g/mol. The second-order valence-corrected chi connectivity index (χ2v) is 8.45. The van der Waals surface area contributed by atoms with Gasteiger partial charge in [-0.05, 0) is 35.1 Å². The number of nitrogens with zero attached hydrogens (tertiary/aromatic N) is 1. The Balaban J connectivity index is 1.36. The smallest absolute Gasteiger partial charge is 0.407 e. The number of hydrogen-bond donors (Lipinski definition) is 4. The van der Waals surface area contributed by atoms with Crippen LogP contribution in [0.15, 0.2) is 61.1 Å². The van der Waals surface area contributed by atoms with E-state index in [9.17, 15) is 14.4 Å². The van der Waals surface area contributed by atoms with Gasteiger partial charge >= 0.3 is 12.1 Å².